The number of ether oxygens (including phenoxy) is 1. The molecule has 1 atom stereocenters. The van der Waals surface area contributed by atoms with Gasteiger partial charge in [0.25, 0.3) is 0 Å². The lowest BCUT2D eigenvalue weighted by Crippen LogP contribution is -2.49. The van der Waals surface area contributed by atoms with Gasteiger partial charge in [0.2, 0.25) is 0 Å². The molecule has 0 radical (unpaired) electrons. The predicted octanol–water partition coefficient (Wildman–Crippen LogP) is 0.883. The van der Waals surface area contributed by atoms with Gasteiger partial charge in [0.1, 0.15) is 0 Å². The fraction of sp³-hybridized carbons (Fsp3) is 1.00. The molecule has 0 aromatic carbocycles. The second-order valence-corrected chi connectivity index (χ2v) is 6.02. The van der Waals surface area contributed by atoms with E-state index in [-0.39, 0.29) is 5.54 Å². The van der Waals surface area contributed by atoms with Crippen LogP contribution in [0.5, 0.6) is 0 Å². The Labute approximate surface area is 107 Å². The molecule has 0 aromatic heterocycles. The summed E-state index contributed by atoms with van der Waals surface area (Å²) < 4.78 is 5.30. The lowest BCUT2D eigenvalue weighted by molar-refractivity contribution is 0.0970. The number of hydrogen-bond acceptors (Lipinski definition) is 4. The average molecular weight is 245 g/mol. The SMILES string of the molecule is COCC(CNC(C)(C)C)N(C)CCN(C)C. The number of rotatable bonds is 8. The van der Waals surface area contributed by atoms with Crippen LogP contribution < -0.4 is 5.32 Å². The first-order valence-corrected chi connectivity index (χ1v) is 6.35. The van der Waals surface area contributed by atoms with Gasteiger partial charge in [-0.05, 0) is 41.9 Å². The van der Waals surface area contributed by atoms with Crippen molar-refractivity contribution >= 4 is 0 Å². The van der Waals surface area contributed by atoms with Crippen molar-refractivity contribution < 1.29 is 4.74 Å². The van der Waals surface area contributed by atoms with Crippen molar-refractivity contribution in [3.05, 3.63) is 0 Å². The number of hydrogen-bond donors (Lipinski definition) is 1. The maximum atomic E-state index is 5.30. The molecule has 0 aliphatic rings. The van der Waals surface area contributed by atoms with E-state index in [0.717, 1.165) is 26.2 Å². The van der Waals surface area contributed by atoms with Crippen LogP contribution in [0, 0.1) is 0 Å². The fourth-order valence-corrected chi connectivity index (χ4v) is 1.50. The average Bonchev–Trinajstić information content (AvgIpc) is 2.19. The molecule has 0 saturated heterocycles. The normalized spacial score (nSPS) is 14.6. The summed E-state index contributed by atoms with van der Waals surface area (Å²) in [5, 5.41) is 3.54. The van der Waals surface area contributed by atoms with Crippen molar-refractivity contribution in [3.63, 3.8) is 0 Å². The van der Waals surface area contributed by atoms with Crippen LogP contribution in [-0.2, 0) is 4.74 Å². The third kappa shape index (κ3) is 9.53. The second kappa shape index (κ2) is 8.03. The summed E-state index contributed by atoms with van der Waals surface area (Å²) in [4.78, 5) is 4.57. The minimum absolute atomic E-state index is 0.161. The minimum atomic E-state index is 0.161. The van der Waals surface area contributed by atoms with Gasteiger partial charge in [0.05, 0.1) is 6.61 Å². The molecule has 1 unspecified atom stereocenters. The number of nitrogens with one attached hydrogen (secondary N) is 1. The van der Waals surface area contributed by atoms with Crippen LogP contribution in [0.25, 0.3) is 0 Å². The Bertz CT molecular complexity index is 190. The molecular weight excluding hydrogens is 214 g/mol. The maximum absolute atomic E-state index is 5.30. The Balaban J connectivity index is 4.11. The zero-order valence-electron chi connectivity index (χ0n) is 12.7. The van der Waals surface area contributed by atoms with E-state index in [2.05, 4.69) is 57.0 Å². The first kappa shape index (κ1) is 16.8. The molecule has 0 aliphatic heterocycles. The van der Waals surface area contributed by atoms with Crippen LogP contribution in [0.15, 0.2) is 0 Å². The smallest absolute Gasteiger partial charge is 0.0630 e. The number of nitrogens with zero attached hydrogens (tertiary/aromatic N) is 2. The van der Waals surface area contributed by atoms with Crippen molar-refractivity contribution in [1.29, 1.82) is 0 Å². The van der Waals surface area contributed by atoms with Crippen LogP contribution in [0.4, 0.5) is 0 Å². The number of methoxy groups -OCH3 is 1. The molecule has 0 bridgehead atoms. The molecule has 104 valence electrons. The molecule has 17 heavy (non-hydrogen) atoms. The molecule has 4 nitrogen and oxygen atoms in total. The minimum Gasteiger partial charge on any atom is -0.383 e. The van der Waals surface area contributed by atoms with Crippen molar-refractivity contribution in [1.82, 2.24) is 15.1 Å². The van der Waals surface area contributed by atoms with E-state index in [0.29, 0.717) is 6.04 Å². The third-order valence-corrected chi connectivity index (χ3v) is 2.75. The quantitative estimate of drug-likeness (QED) is 0.687. The van der Waals surface area contributed by atoms with E-state index in [9.17, 15) is 0 Å². The van der Waals surface area contributed by atoms with Gasteiger partial charge in [-0.25, -0.2) is 0 Å². The summed E-state index contributed by atoms with van der Waals surface area (Å²) in [5.74, 6) is 0. The highest BCUT2D eigenvalue weighted by Gasteiger charge is 2.17. The molecule has 0 heterocycles. The van der Waals surface area contributed by atoms with Gasteiger partial charge in [-0.1, -0.05) is 0 Å². The van der Waals surface area contributed by atoms with Crippen molar-refractivity contribution in [2.24, 2.45) is 0 Å². The Morgan fingerprint density at radius 3 is 2.12 bits per heavy atom. The summed E-state index contributed by atoms with van der Waals surface area (Å²) >= 11 is 0. The van der Waals surface area contributed by atoms with Gasteiger partial charge in [-0.15, -0.1) is 0 Å². The van der Waals surface area contributed by atoms with Gasteiger partial charge in [-0.2, -0.15) is 0 Å². The Morgan fingerprint density at radius 2 is 1.71 bits per heavy atom. The molecule has 0 spiro atoms. The van der Waals surface area contributed by atoms with Gasteiger partial charge >= 0.3 is 0 Å². The molecule has 0 aromatic rings. The standard InChI is InChI=1S/C13H31N3O/c1-13(2,3)14-10-12(11-17-7)16(6)9-8-15(4)5/h12,14H,8-11H2,1-7H3. The number of likely N-dealkylation sites (N-methyl/N-ethyl adjacent to an activating group) is 2. The first-order valence-electron chi connectivity index (χ1n) is 6.35. The second-order valence-electron chi connectivity index (χ2n) is 6.02. The Morgan fingerprint density at radius 1 is 1.12 bits per heavy atom. The fourth-order valence-electron chi connectivity index (χ4n) is 1.50. The topological polar surface area (TPSA) is 27.7 Å². The van der Waals surface area contributed by atoms with E-state index in [4.69, 9.17) is 4.74 Å². The Hall–Kier alpha value is -0.160. The monoisotopic (exact) mass is 245 g/mol. The summed E-state index contributed by atoms with van der Waals surface area (Å²) in [5.41, 5.74) is 0.161. The molecule has 0 fully saturated rings. The summed E-state index contributed by atoms with van der Waals surface area (Å²) in [6, 6.07) is 0.430. The predicted molar refractivity (Wildman–Crippen MR) is 74.6 cm³/mol. The first-order chi connectivity index (χ1) is 7.76. The van der Waals surface area contributed by atoms with Gasteiger partial charge < -0.3 is 15.0 Å². The molecule has 0 amide bonds. The van der Waals surface area contributed by atoms with Crippen LogP contribution in [0.3, 0.4) is 0 Å². The molecule has 0 aliphatic carbocycles. The van der Waals surface area contributed by atoms with Gasteiger partial charge in [0.15, 0.2) is 0 Å². The van der Waals surface area contributed by atoms with Crippen molar-refractivity contribution in [3.8, 4) is 0 Å². The van der Waals surface area contributed by atoms with Crippen LogP contribution in [0.1, 0.15) is 20.8 Å². The third-order valence-electron chi connectivity index (χ3n) is 2.75. The summed E-state index contributed by atoms with van der Waals surface area (Å²) in [6.45, 7) is 10.4. The van der Waals surface area contributed by atoms with Gasteiger partial charge in [0, 0.05) is 38.3 Å². The molecule has 4 heteroatoms. The lowest BCUT2D eigenvalue weighted by atomic mass is 10.1. The van der Waals surface area contributed by atoms with Crippen LogP contribution in [0.2, 0.25) is 0 Å². The van der Waals surface area contributed by atoms with Crippen molar-refractivity contribution in [2.75, 3.05) is 54.5 Å². The zero-order chi connectivity index (χ0) is 13.5. The van der Waals surface area contributed by atoms with Crippen molar-refractivity contribution in [2.45, 2.75) is 32.4 Å². The highest BCUT2D eigenvalue weighted by atomic mass is 16.5. The van der Waals surface area contributed by atoms with E-state index in [1.165, 1.54) is 0 Å². The largest absolute Gasteiger partial charge is 0.383 e. The lowest BCUT2D eigenvalue weighted by Gasteiger charge is -2.31. The van der Waals surface area contributed by atoms with Crippen LogP contribution >= 0.6 is 0 Å². The van der Waals surface area contributed by atoms with E-state index in [1.54, 1.807) is 7.11 Å². The van der Waals surface area contributed by atoms with E-state index < -0.39 is 0 Å². The Kier molecular flexibility index (Phi) is 7.96. The molecule has 1 N–H and O–H groups in total. The molecule has 0 rings (SSSR count). The zero-order valence-corrected chi connectivity index (χ0v) is 12.7. The molecule has 0 saturated carbocycles. The maximum Gasteiger partial charge on any atom is 0.0630 e. The highest BCUT2D eigenvalue weighted by Crippen LogP contribution is 2.02. The highest BCUT2D eigenvalue weighted by molar-refractivity contribution is 4.78. The van der Waals surface area contributed by atoms with E-state index in [1.807, 2.05) is 0 Å². The van der Waals surface area contributed by atoms with Gasteiger partial charge in [-0.3, -0.25) is 4.90 Å². The molecular formula is C13H31N3O. The summed E-state index contributed by atoms with van der Waals surface area (Å²) in [6.07, 6.45) is 0. The van der Waals surface area contributed by atoms with Crippen LogP contribution in [-0.4, -0.2) is 75.9 Å². The summed E-state index contributed by atoms with van der Waals surface area (Å²) in [7, 11) is 8.14. The van der Waals surface area contributed by atoms with E-state index >= 15 is 0 Å².